The molecule has 2 amide bonds. The molecule has 0 aliphatic carbocycles. The van der Waals surface area contributed by atoms with E-state index in [1.165, 1.54) is 16.8 Å². The highest BCUT2D eigenvalue weighted by molar-refractivity contribution is 6.30. The lowest BCUT2D eigenvalue weighted by Crippen LogP contribution is -2.39. The minimum absolute atomic E-state index is 0.0641. The van der Waals surface area contributed by atoms with Crippen molar-refractivity contribution in [3.05, 3.63) is 70.6 Å². The van der Waals surface area contributed by atoms with E-state index in [1.807, 2.05) is 0 Å². The number of nitrogens with zero attached hydrogens (tertiary/aromatic N) is 3. The Bertz CT molecular complexity index is 1130. The lowest BCUT2D eigenvalue weighted by molar-refractivity contribution is -0.133. The zero-order valence-corrected chi connectivity index (χ0v) is 17.5. The van der Waals surface area contributed by atoms with Gasteiger partial charge >= 0.3 is 0 Å². The van der Waals surface area contributed by atoms with Gasteiger partial charge in [-0.3, -0.25) is 14.3 Å². The van der Waals surface area contributed by atoms with E-state index < -0.39 is 0 Å². The molecule has 7 nitrogen and oxygen atoms in total. The van der Waals surface area contributed by atoms with Crippen LogP contribution in [0, 0.1) is 5.82 Å². The van der Waals surface area contributed by atoms with E-state index in [-0.39, 0.29) is 30.8 Å². The van der Waals surface area contributed by atoms with Crippen LogP contribution >= 0.6 is 11.6 Å². The number of aryl methyl sites for hydroxylation is 1. The van der Waals surface area contributed by atoms with Crippen molar-refractivity contribution < 1.29 is 18.7 Å². The van der Waals surface area contributed by atoms with E-state index in [9.17, 15) is 14.0 Å². The lowest BCUT2D eigenvalue weighted by Gasteiger charge is -2.20. The smallest absolute Gasteiger partial charge is 0.269 e. The van der Waals surface area contributed by atoms with Crippen molar-refractivity contribution in [2.24, 2.45) is 7.05 Å². The van der Waals surface area contributed by atoms with Crippen LogP contribution in [0.2, 0.25) is 5.02 Å². The Morgan fingerprint density at radius 2 is 2.00 bits per heavy atom. The topological polar surface area (TPSA) is 76.5 Å². The zero-order valence-electron chi connectivity index (χ0n) is 16.8. The number of carbonyl (C=O) groups excluding carboxylic acids is 2. The Balaban J connectivity index is 1.39. The van der Waals surface area contributed by atoms with Crippen LogP contribution in [0.4, 0.5) is 4.39 Å². The van der Waals surface area contributed by atoms with Crippen molar-refractivity contribution in [1.29, 1.82) is 0 Å². The average Bonchev–Trinajstić information content (AvgIpc) is 3.06. The number of fused-ring (bicyclic) bond motifs is 1. The first-order valence-electron chi connectivity index (χ1n) is 9.68. The number of hydrogen-bond donors (Lipinski definition) is 1. The molecule has 2 heterocycles. The normalized spacial score (nSPS) is 13.4. The lowest BCUT2D eigenvalue weighted by atomic mass is 10.1. The number of nitrogens with one attached hydrogen (secondary N) is 1. The highest BCUT2D eigenvalue weighted by Crippen LogP contribution is 2.26. The number of benzene rings is 2. The molecule has 1 aliphatic rings. The van der Waals surface area contributed by atoms with Gasteiger partial charge in [-0.25, -0.2) is 4.39 Å². The van der Waals surface area contributed by atoms with Gasteiger partial charge in [0.15, 0.2) is 6.61 Å². The minimum Gasteiger partial charge on any atom is -0.483 e. The monoisotopic (exact) mass is 442 g/mol. The zero-order chi connectivity index (χ0) is 22.0. The Kier molecular flexibility index (Phi) is 5.90. The molecule has 0 saturated heterocycles. The van der Waals surface area contributed by atoms with Crippen LogP contribution in [-0.2, 0) is 18.4 Å². The van der Waals surface area contributed by atoms with Gasteiger partial charge in [0.25, 0.3) is 11.8 Å². The minimum atomic E-state index is -0.337. The van der Waals surface area contributed by atoms with E-state index in [4.69, 9.17) is 16.3 Å². The Morgan fingerprint density at radius 3 is 2.77 bits per heavy atom. The maximum absolute atomic E-state index is 13.1. The predicted molar refractivity (Wildman–Crippen MR) is 113 cm³/mol. The molecule has 0 atom stereocenters. The number of carbonyl (C=O) groups is 2. The van der Waals surface area contributed by atoms with Crippen LogP contribution in [0.15, 0.2) is 48.5 Å². The number of ether oxygens (including phenoxy) is 1. The summed E-state index contributed by atoms with van der Waals surface area (Å²) in [6.45, 7) is 0.871. The van der Waals surface area contributed by atoms with Crippen molar-refractivity contribution >= 4 is 23.4 Å². The van der Waals surface area contributed by atoms with Crippen LogP contribution in [0.3, 0.4) is 0 Å². The number of amides is 2. The molecular weight excluding hydrogens is 423 g/mol. The molecule has 2 aromatic carbocycles. The number of halogens is 2. The molecule has 31 heavy (non-hydrogen) atoms. The fourth-order valence-corrected chi connectivity index (χ4v) is 3.57. The summed E-state index contributed by atoms with van der Waals surface area (Å²) in [7, 11) is 1.66. The van der Waals surface area contributed by atoms with E-state index in [0.29, 0.717) is 40.8 Å². The maximum atomic E-state index is 13.1. The standard InChI is InChI=1S/C22H20ClFN4O3/c1-27-19(11-18(26-27)14-2-5-17(24)6-3-14)22(30)25-8-9-28-12-15-10-16(23)4-7-20(15)31-13-21(28)29/h2-7,10-11H,8-9,12-13H2,1H3,(H,25,30). The predicted octanol–water partition coefficient (Wildman–Crippen LogP) is 3.03. The molecule has 3 aromatic rings. The molecule has 160 valence electrons. The third-order valence-electron chi connectivity index (χ3n) is 5.01. The highest BCUT2D eigenvalue weighted by Gasteiger charge is 2.22. The van der Waals surface area contributed by atoms with E-state index >= 15 is 0 Å². The largest absolute Gasteiger partial charge is 0.483 e. The summed E-state index contributed by atoms with van der Waals surface area (Å²) in [5, 5.41) is 7.71. The van der Waals surface area contributed by atoms with Gasteiger partial charge in [-0.05, 0) is 48.5 Å². The molecule has 0 spiro atoms. The molecule has 1 aliphatic heterocycles. The molecule has 1 N–H and O–H groups in total. The molecular formula is C22H20ClFN4O3. The molecule has 1 aromatic heterocycles. The quantitative estimate of drug-likeness (QED) is 0.659. The van der Waals surface area contributed by atoms with Crippen molar-refractivity contribution in [1.82, 2.24) is 20.0 Å². The molecule has 4 rings (SSSR count). The average molecular weight is 443 g/mol. The van der Waals surface area contributed by atoms with Crippen LogP contribution in [0.1, 0.15) is 16.1 Å². The summed E-state index contributed by atoms with van der Waals surface area (Å²) >= 11 is 6.05. The number of aromatic nitrogens is 2. The first-order chi connectivity index (χ1) is 14.9. The van der Waals surface area contributed by atoms with Gasteiger partial charge in [0, 0.05) is 42.8 Å². The second kappa shape index (κ2) is 8.77. The molecule has 9 heteroatoms. The maximum Gasteiger partial charge on any atom is 0.269 e. The molecule has 0 bridgehead atoms. The second-order valence-electron chi connectivity index (χ2n) is 7.16. The van der Waals surface area contributed by atoms with Crippen molar-refractivity contribution in [3.8, 4) is 17.0 Å². The Labute approximate surface area is 183 Å². The molecule has 0 radical (unpaired) electrons. The van der Waals surface area contributed by atoms with E-state index in [0.717, 1.165) is 5.56 Å². The Hall–Kier alpha value is -3.39. The third kappa shape index (κ3) is 4.69. The van der Waals surface area contributed by atoms with Gasteiger partial charge in [0.2, 0.25) is 0 Å². The van der Waals surface area contributed by atoms with Gasteiger partial charge in [-0.1, -0.05) is 11.6 Å². The SMILES string of the molecule is Cn1nc(-c2ccc(F)cc2)cc1C(=O)NCCN1Cc2cc(Cl)ccc2OCC1=O. The Morgan fingerprint density at radius 1 is 1.23 bits per heavy atom. The molecule has 0 unspecified atom stereocenters. The summed E-state index contributed by atoms with van der Waals surface area (Å²) < 4.78 is 20.1. The highest BCUT2D eigenvalue weighted by atomic mass is 35.5. The van der Waals surface area contributed by atoms with Gasteiger partial charge < -0.3 is 15.0 Å². The number of hydrogen-bond acceptors (Lipinski definition) is 4. The summed E-state index contributed by atoms with van der Waals surface area (Å²) in [5.41, 5.74) is 2.46. The van der Waals surface area contributed by atoms with Crippen molar-refractivity contribution in [2.45, 2.75) is 6.54 Å². The van der Waals surface area contributed by atoms with E-state index in [1.54, 1.807) is 48.3 Å². The summed E-state index contributed by atoms with van der Waals surface area (Å²) in [5.74, 6) is -0.186. The summed E-state index contributed by atoms with van der Waals surface area (Å²) in [4.78, 5) is 26.6. The van der Waals surface area contributed by atoms with Gasteiger partial charge in [0.1, 0.15) is 17.3 Å². The van der Waals surface area contributed by atoms with Gasteiger partial charge in [0.05, 0.1) is 5.69 Å². The summed E-state index contributed by atoms with van der Waals surface area (Å²) in [6, 6.07) is 12.8. The van der Waals surface area contributed by atoms with Crippen molar-refractivity contribution in [3.63, 3.8) is 0 Å². The number of rotatable bonds is 5. The fourth-order valence-electron chi connectivity index (χ4n) is 3.38. The van der Waals surface area contributed by atoms with Crippen LogP contribution in [-0.4, -0.2) is 46.2 Å². The first kappa shape index (κ1) is 20.9. The van der Waals surface area contributed by atoms with Gasteiger partial charge in [-0.15, -0.1) is 0 Å². The van der Waals surface area contributed by atoms with Crippen LogP contribution < -0.4 is 10.1 Å². The van der Waals surface area contributed by atoms with Crippen LogP contribution in [0.5, 0.6) is 5.75 Å². The second-order valence-corrected chi connectivity index (χ2v) is 7.59. The van der Waals surface area contributed by atoms with Crippen LogP contribution in [0.25, 0.3) is 11.3 Å². The molecule has 0 fully saturated rings. The first-order valence-corrected chi connectivity index (χ1v) is 10.1. The summed E-state index contributed by atoms with van der Waals surface area (Å²) in [6.07, 6.45) is 0. The molecule has 0 saturated carbocycles. The van der Waals surface area contributed by atoms with Crippen molar-refractivity contribution in [2.75, 3.05) is 19.7 Å². The van der Waals surface area contributed by atoms with E-state index in [2.05, 4.69) is 10.4 Å². The third-order valence-corrected chi connectivity index (χ3v) is 5.24. The van der Waals surface area contributed by atoms with Gasteiger partial charge in [-0.2, -0.15) is 5.10 Å². The fraction of sp³-hybridized carbons (Fsp3) is 0.227.